The molecule has 1 N–H and O–H groups in total. The Morgan fingerprint density at radius 3 is 2.61 bits per heavy atom. The highest BCUT2D eigenvalue weighted by molar-refractivity contribution is 6.30. The molecule has 0 saturated carbocycles. The SMILES string of the molecule is CCCCC(CC)CC(C)(O)c1cccc(Cl)c1. The summed E-state index contributed by atoms with van der Waals surface area (Å²) in [6.07, 6.45) is 5.59. The van der Waals surface area contributed by atoms with Gasteiger partial charge >= 0.3 is 0 Å². The summed E-state index contributed by atoms with van der Waals surface area (Å²) < 4.78 is 0. The van der Waals surface area contributed by atoms with Crippen LogP contribution in [0.25, 0.3) is 0 Å². The minimum Gasteiger partial charge on any atom is -0.385 e. The van der Waals surface area contributed by atoms with Gasteiger partial charge in [-0.2, -0.15) is 0 Å². The third kappa shape index (κ3) is 4.62. The highest BCUT2D eigenvalue weighted by atomic mass is 35.5. The molecular weight excluding hydrogens is 244 g/mol. The number of hydrogen-bond acceptors (Lipinski definition) is 1. The van der Waals surface area contributed by atoms with Gasteiger partial charge in [-0.15, -0.1) is 0 Å². The van der Waals surface area contributed by atoms with Gasteiger partial charge in [0, 0.05) is 5.02 Å². The van der Waals surface area contributed by atoms with Crippen LogP contribution < -0.4 is 0 Å². The van der Waals surface area contributed by atoms with Crippen molar-refractivity contribution in [2.24, 2.45) is 5.92 Å². The summed E-state index contributed by atoms with van der Waals surface area (Å²) in [7, 11) is 0. The van der Waals surface area contributed by atoms with Gasteiger partial charge in [-0.25, -0.2) is 0 Å². The molecule has 0 amide bonds. The number of benzene rings is 1. The van der Waals surface area contributed by atoms with E-state index in [4.69, 9.17) is 11.6 Å². The van der Waals surface area contributed by atoms with Crippen LogP contribution in [0.3, 0.4) is 0 Å². The van der Waals surface area contributed by atoms with Crippen molar-refractivity contribution in [3.05, 3.63) is 34.9 Å². The van der Waals surface area contributed by atoms with Gasteiger partial charge in [-0.3, -0.25) is 0 Å². The molecule has 1 aromatic carbocycles. The van der Waals surface area contributed by atoms with Crippen LogP contribution in [0.1, 0.15) is 58.4 Å². The third-order valence-electron chi connectivity index (χ3n) is 3.68. The molecule has 2 atom stereocenters. The van der Waals surface area contributed by atoms with Gasteiger partial charge in [0.2, 0.25) is 0 Å². The molecule has 102 valence electrons. The number of halogens is 1. The van der Waals surface area contributed by atoms with E-state index in [1.165, 1.54) is 19.3 Å². The van der Waals surface area contributed by atoms with Crippen molar-refractivity contribution < 1.29 is 5.11 Å². The van der Waals surface area contributed by atoms with Gasteiger partial charge in [-0.1, -0.05) is 63.3 Å². The quantitative estimate of drug-likeness (QED) is 0.725. The van der Waals surface area contributed by atoms with Crippen molar-refractivity contribution in [3.63, 3.8) is 0 Å². The smallest absolute Gasteiger partial charge is 0.0871 e. The second-order valence-electron chi connectivity index (χ2n) is 5.40. The molecule has 0 spiro atoms. The van der Waals surface area contributed by atoms with Gasteiger partial charge in [0.25, 0.3) is 0 Å². The van der Waals surface area contributed by atoms with Gasteiger partial charge in [0.1, 0.15) is 0 Å². The summed E-state index contributed by atoms with van der Waals surface area (Å²) in [5.41, 5.74) is 0.143. The van der Waals surface area contributed by atoms with Crippen molar-refractivity contribution in [2.45, 2.75) is 58.5 Å². The number of unbranched alkanes of at least 4 members (excludes halogenated alkanes) is 1. The summed E-state index contributed by atoms with van der Waals surface area (Å²) in [6, 6.07) is 7.57. The summed E-state index contributed by atoms with van der Waals surface area (Å²) in [5, 5.41) is 11.3. The van der Waals surface area contributed by atoms with Crippen LogP contribution in [0.2, 0.25) is 5.02 Å². The van der Waals surface area contributed by atoms with E-state index in [0.717, 1.165) is 18.4 Å². The van der Waals surface area contributed by atoms with Crippen molar-refractivity contribution in [3.8, 4) is 0 Å². The Balaban J connectivity index is 2.73. The largest absolute Gasteiger partial charge is 0.385 e. The predicted molar refractivity (Wildman–Crippen MR) is 78.9 cm³/mol. The normalized spacial score (nSPS) is 16.3. The van der Waals surface area contributed by atoms with Crippen LogP contribution in [0, 0.1) is 5.92 Å². The Hall–Kier alpha value is -0.530. The Kier molecular flexibility index (Phi) is 6.17. The summed E-state index contributed by atoms with van der Waals surface area (Å²) >= 11 is 5.99. The highest BCUT2D eigenvalue weighted by Crippen LogP contribution is 2.32. The maximum Gasteiger partial charge on any atom is 0.0871 e. The van der Waals surface area contributed by atoms with Crippen LogP contribution in [0.15, 0.2) is 24.3 Å². The van der Waals surface area contributed by atoms with Crippen LogP contribution in [-0.4, -0.2) is 5.11 Å². The van der Waals surface area contributed by atoms with Crippen LogP contribution in [0.4, 0.5) is 0 Å². The first-order chi connectivity index (χ1) is 8.49. The molecule has 0 radical (unpaired) electrons. The summed E-state index contributed by atoms with van der Waals surface area (Å²) in [6.45, 7) is 6.31. The van der Waals surface area contributed by atoms with Crippen LogP contribution in [-0.2, 0) is 5.60 Å². The van der Waals surface area contributed by atoms with Crippen LogP contribution in [0.5, 0.6) is 0 Å². The van der Waals surface area contributed by atoms with Crippen molar-refractivity contribution in [1.29, 1.82) is 0 Å². The van der Waals surface area contributed by atoms with Crippen molar-refractivity contribution in [1.82, 2.24) is 0 Å². The molecule has 0 aliphatic rings. The molecule has 0 aromatic heterocycles. The Bertz CT molecular complexity index is 360. The Morgan fingerprint density at radius 1 is 1.33 bits per heavy atom. The first-order valence-electron chi connectivity index (χ1n) is 6.98. The molecule has 0 saturated heterocycles. The van der Waals surface area contributed by atoms with Gasteiger partial charge in [-0.05, 0) is 37.0 Å². The standard InChI is InChI=1S/C16H25ClO/c1-4-6-8-13(5-2)12-16(3,18)14-9-7-10-15(17)11-14/h7,9-11,13,18H,4-6,8,12H2,1-3H3. The first-order valence-corrected chi connectivity index (χ1v) is 7.35. The van der Waals surface area contributed by atoms with E-state index < -0.39 is 5.60 Å². The fraction of sp³-hybridized carbons (Fsp3) is 0.625. The molecule has 0 heterocycles. The molecule has 1 aromatic rings. The number of rotatable bonds is 7. The lowest BCUT2D eigenvalue weighted by Gasteiger charge is -2.28. The molecule has 2 unspecified atom stereocenters. The van der Waals surface area contributed by atoms with E-state index in [1.807, 2.05) is 31.2 Å². The fourth-order valence-electron chi connectivity index (χ4n) is 2.45. The second kappa shape index (κ2) is 7.16. The molecule has 0 aliphatic heterocycles. The summed E-state index contributed by atoms with van der Waals surface area (Å²) in [5.74, 6) is 0.582. The molecule has 1 nitrogen and oxygen atoms in total. The van der Waals surface area contributed by atoms with Crippen molar-refractivity contribution in [2.75, 3.05) is 0 Å². The number of hydrogen-bond donors (Lipinski definition) is 1. The molecule has 0 aliphatic carbocycles. The first kappa shape index (κ1) is 15.5. The van der Waals surface area contributed by atoms with Gasteiger partial charge < -0.3 is 5.11 Å². The van der Waals surface area contributed by atoms with E-state index in [2.05, 4.69) is 13.8 Å². The molecule has 0 bridgehead atoms. The monoisotopic (exact) mass is 268 g/mol. The van der Waals surface area contributed by atoms with Crippen LogP contribution >= 0.6 is 11.6 Å². The van der Waals surface area contributed by atoms with E-state index in [9.17, 15) is 5.11 Å². The van der Waals surface area contributed by atoms with E-state index in [-0.39, 0.29) is 0 Å². The Morgan fingerprint density at radius 2 is 2.06 bits per heavy atom. The highest BCUT2D eigenvalue weighted by Gasteiger charge is 2.26. The lowest BCUT2D eigenvalue weighted by atomic mass is 9.83. The zero-order chi connectivity index (χ0) is 13.6. The third-order valence-corrected chi connectivity index (χ3v) is 3.91. The van der Waals surface area contributed by atoms with Gasteiger partial charge in [0.05, 0.1) is 5.60 Å². The maximum absolute atomic E-state index is 10.7. The molecular formula is C16H25ClO. The maximum atomic E-state index is 10.7. The minimum atomic E-state index is -0.778. The Labute approximate surface area is 116 Å². The summed E-state index contributed by atoms with van der Waals surface area (Å²) in [4.78, 5) is 0. The van der Waals surface area contributed by atoms with Gasteiger partial charge in [0.15, 0.2) is 0 Å². The average Bonchev–Trinajstić information content (AvgIpc) is 2.34. The minimum absolute atomic E-state index is 0.582. The topological polar surface area (TPSA) is 20.2 Å². The predicted octanol–water partition coefficient (Wildman–Crippen LogP) is 5.15. The zero-order valence-corrected chi connectivity index (χ0v) is 12.5. The van der Waals surface area contributed by atoms with E-state index in [1.54, 1.807) is 0 Å². The molecule has 1 rings (SSSR count). The van der Waals surface area contributed by atoms with E-state index >= 15 is 0 Å². The second-order valence-corrected chi connectivity index (χ2v) is 5.84. The lowest BCUT2D eigenvalue weighted by molar-refractivity contribution is 0.0275. The van der Waals surface area contributed by atoms with E-state index in [0.29, 0.717) is 10.9 Å². The lowest BCUT2D eigenvalue weighted by Crippen LogP contribution is -2.25. The average molecular weight is 269 g/mol. The van der Waals surface area contributed by atoms with Crippen molar-refractivity contribution >= 4 is 11.6 Å². The molecule has 18 heavy (non-hydrogen) atoms. The zero-order valence-electron chi connectivity index (χ0n) is 11.7. The number of aliphatic hydroxyl groups is 1. The molecule has 0 fully saturated rings. The fourth-order valence-corrected chi connectivity index (χ4v) is 2.64. The molecule has 2 heteroatoms.